The molecule has 0 saturated heterocycles. The minimum atomic E-state index is -1.32. The summed E-state index contributed by atoms with van der Waals surface area (Å²) in [5.41, 5.74) is 29.3. The van der Waals surface area contributed by atoms with E-state index in [1.807, 2.05) is 0 Å². The Hall–Kier alpha value is -16.9. The molecule has 0 aromatic heterocycles. The van der Waals surface area contributed by atoms with Crippen molar-refractivity contribution in [3.8, 4) is 122 Å². The van der Waals surface area contributed by atoms with Gasteiger partial charge in [0.25, 0.3) is 0 Å². The van der Waals surface area contributed by atoms with Crippen LogP contribution in [0, 0.1) is 0 Å². The molecule has 1 aliphatic carbocycles. The Morgan fingerprint density at radius 2 is 0.423 bits per heavy atom. The Labute approximate surface area is 831 Å². The van der Waals surface area contributed by atoms with Gasteiger partial charge in [0.1, 0.15) is 0 Å². The lowest BCUT2D eigenvalue weighted by Crippen LogP contribution is -2.37. The van der Waals surface area contributed by atoms with Crippen LogP contribution in [0.1, 0.15) is 43.6 Å². The zero-order chi connectivity index (χ0) is 94.7. The predicted molar refractivity (Wildman–Crippen MR) is 618 cm³/mol. The highest BCUT2D eigenvalue weighted by molar-refractivity contribution is 6.88. The SMILES string of the molecule is C[Si](C)(C)c1ccc(-c2ccc(-c3c4ccccc4c(-c4ccccc4)c4cc(-c5ccccc5)ccc34)cc2)cc1.c1ccc2c(-c3ccc4c(-c5ccc(C6CCCCC6)cc5)c5ccccc5c(-c5cccc6ccccc56)c4c3)cccc2c1.c1ccc2cc(-c3ccc4c(-c5ccc(-c6cccc7ccccc67)c6ccccc56)c5ccccc5c(-c5ccc6ccccc6c5)c4c3)ccc2c1. The van der Waals surface area contributed by atoms with Gasteiger partial charge in [-0.3, -0.25) is 0 Å². The Kier molecular flexibility index (Phi) is 22.6. The van der Waals surface area contributed by atoms with Crippen LogP contribution in [0.5, 0.6) is 0 Å². The van der Waals surface area contributed by atoms with Crippen molar-refractivity contribution >= 4 is 143 Å². The third-order valence-corrected chi connectivity index (χ3v) is 32.4. The van der Waals surface area contributed by atoms with Gasteiger partial charge in [0.15, 0.2) is 0 Å². The average molecular weight is 1830 g/mol. The van der Waals surface area contributed by atoms with E-state index in [-0.39, 0.29) is 0 Å². The lowest BCUT2D eigenvalue weighted by molar-refractivity contribution is 0.443. The molecule has 0 radical (unpaired) electrons. The van der Waals surface area contributed by atoms with Gasteiger partial charge < -0.3 is 0 Å². The topological polar surface area (TPSA) is 0 Å². The van der Waals surface area contributed by atoms with Crippen LogP contribution in [-0.4, -0.2) is 8.07 Å². The molecule has 0 atom stereocenters. The molecule has 142 heavy (non-hydrogen) atoms. The molecular formula is C141H104Si. The van der Waals surface area contributed by atoms with Crippen LogP contribution < -0.4 is 5.19 Å². The monoisotopic (exact) mass is 1820 g/mol. The highest BCUT2D eigenvalue weighted by atomic mass is 28.3. The molecule has 0 unspecified atom stereocenters. The van der Waals surface area contributed by atoms with E-state index in [1.165, 1.54) is 295 Å². The maximum absolute atomic E-state index is 2.46. The summed E-state index contributed by atoms with van der Waals surface area (Å²) in [7, 11) is -1.32. The van der Waals surface area contributed by atoms with Crippen molar-refractivity contribution in [2.45, 2.75) is 57.7 Å². The Morgan fingerprint density at radius 1 is 0.148 bits per heavy atom. The van der Waals surface area contributed by atoms with E-state index < -0.39 is 8.07 Å². The molecule has 26 aromatic carbocycles. The normalized spacial score (nSPS) is 12.4. The van der Waals surface area contributed by atoms with Gasteiger partial charge in [-0.25, -0.2) is 0 Å². The average Bonchev–Trinajstić information content (AvgIpc) is 0.728. The van der Waals surface area contributed by atoms with Crippen molar-refractivity contribution in [3.05, 3.63) is 515 Å². The third-order valence-electron chi connectivity index (χ3n) is 30.3. The van der Waals surface area contributed by atoms with Crippen LogP contribution >= 0.6 is 0 Å². The molecule has 0 N–H and O–H groups in total. The summed E-state index contributed by atoms with van der Waals surface area (Å²) in [4.78, 5) is 0. The second-order valence-electron chi connectivity index (χ2n) is 39.7. The number of hydrogen-bond donors (Lipinski definition) is 0. The zero-order valence-corrected chi connectivity index (χ0v) is 81.1. The molecule has 0 aliphatic heterocycles. The second kappa shape index (κ2) is 37.1. The Morgan fingerprint density at radius 3 is 0.944 bits per heavy atom. The first-order valence-corrected chi connectivity index (χ1v) is 53.9. The third kappa shape index (κ3) is 16.0. The number of benzene rings is 26. The summed E-state index contributed by atoms with van der Waals surface area (Å²) in [5, 5.41) is 32.0. The Bertz CT molecular complexity index is 9370. The zero-order valence-electron chi connectivity index (χ0n) is 80.1. The van der Waals surface area contributed by atoms with Gasteiger partial charge in [-0.1, -0.05) is 523 Å². The summed E-state index contributed by atoms with van der Waals surface area (Å²) >= 11 is 0. The van der Waals surface area contributed by atoms with Crippen molar-refractivity contribution in [2.75, 3.05) is 0 Å². The summed E-state index contributed by atoms with van der Waals surface area (Å²) in [5.74, 6) is 0.702. The maximum atomic E-state index is 2.46. The molecular weight excluding hydrogens is 1720 g/mol. The summed E-state index contributed by atoms with van der Waals surface area (Å²) in [6.07, 6.45) is 6.74. The molecule has 26 aromatic rings. The van der Waals surface area contributed by atoms with E-state index in [0.717, 1.165) is 0 Å². The summed E-state index contributed by atoms with van der Waals surface area (Å²) in [6, 6.07) is 189. The number of rotatable bonds is 13. The van der Waals surface area contributed by atoms with Crippen LogP contribution in [0.3, 0.4) is 0 Å². The molecule has 0 spiro atoms. The van der Waals surface area contributed by atoms with Crippen LogP contribution in [0.4, 0.5) is 0 Å². The maximum Gasteiger partial charge on any atom is 0.0775 e. The lowest BCUT2D eigenvalue weighted by atomic mass is 9.82. The molecule has 0 nitrogen and oxygen atoms in total. The molecule has 0 bridgehead atoms. The standard InChI is InChI=1S/C54H34.C46H36.C41H34Si/c1-3-15-38-32-40(26-24-35(38)12-1)41-28-29-51-52(34-41)53(42-27-25-36-13-2-4-16-39(36)33-42)48-21-9-10-22-49(48)54(51)50-31-30-47(45-19-7-8-20-46(45)50)44-23-11-17-37-14-5-6-18-43(37)44;1-2-12-31(13-3-1)32-24-26-35(27-25-32)45-41-20-8-9-21-42(41)46(40-23-11-17-34-15-5-7-19-38(34)40)44-30-36(28-29-43(44)45)39-22-10-16-33-14-4-6-18-37(33)39;1-42(2,3)35-25-22-31(23-26-35)30-18-20-33(21-19-30)40-36-16-10-11-17-37(36)41(32-14-8-5-9-15-32)39-28-34(24-27-38(39)40)29-12-6-4-7-13-29/h1-34H;4-11,14-31H,1-3,12-13H2;4-28H,1-3H3. The first-order chi connectivity index (χ1) is 70.1. The van der Waals surface area contributed by atoms with Crippen molar-refractivity contribution < 1.29 is 0 Å². The van der Waals surface area contributed by atoms with Gasteiger partial charge >= 0.3 is 0 Å². The predicted octanol–water partition coefficient (Wildman–Crippen LogP) is 39.8. The van der Waals surface area contributed by atoms with E-state index >= 15 is 0 Å². The van der Waals surface area contributed by atoms with E-state index in [0.29, 0.717) is 5.92 Å². The van der Waals surface area contributed by atoms with Gasteiger partial charge in [0.2, 0.25) is 0 Å². The molecule has 672 valence electrons. The van der Waals surface area contributed by atoms with Crippen LogP contribution in [0.15, 0.2) is 510 Å². The van der Waals surface area contributed by atoms with Crippen LogP contribution in [-0.2, 0) is 0 Å². The number of hydrogen-bond acceptors (Lipinski definition) is 0. The minimum Gasteiger partial charge on any atom is -0.0656 e. The van der Waals surface area contributed by atoms with Crippen molar-refractivity contribution in [2.24, 2.45) is 0 Å². The molecule has 1 heteroatoms. The van der Waals surface area contributed by atoms with Crippen molar-refractivity contribution in [1.29, 1.82) is 0 Å². The van der Waals surface area contributed by atoms with Crippen LogP contribution in [0.25, 0.3) is 252 Å². The first-order valence-electron chi connectivity index (χ1n) is 50.4. The fourth-order valence-corrected chi connectivity index (χ4v) is 24.5. The highest BCUT2D eigenvalue weighted by Crippen LogP contribution is 2.53. The lowest BCUT2D eigenvalue weighted by Gasteiger charge is -2.23. The van der Waals surface area contributed by atoms with Gasteiger partial charge in [-0.2, -0.15) is 0 Å². The largest absolute Gasteiger partial charge is 0.0775 e. The molecule has 27 rings (SSSR count). The van der Waals surface area contributed by atoms with E-state index in [4.69, 9.17) is 0 Å². The second-order valence-corrected chi connectivity index (χ2v) is 44.7. The summed E-state index contributed by atoms with van der Waals surface area (Å²) < 4.78 is 0. The van der Waals surface area contributed by atoms with Gasteiger partial charge in [0.05, 0.1) is 8.07 Å². The molecule has 1 fully saturated rings. The summed E-state index contributed by atoms with van der Waals surface area (Å²) in [6.45, 7) is 7.20. The fraction of sp³-hybridized carbons (Fsp3) is 0.0638. The van der Waals surface area contributed by atoms with Gasteiger partial charge in [-0.15, -0.1) is 0 Å². The smallest absolute Gasteiger partial charge is 0.0656 e. The van der Waals surface area contributed by atoms with Crippen LogP contribution in [0.2, 0.25) is 19.6 Å². The molecule has 1 saturated carbocycles. The fourth-order valence-electron chi connectivity index (χ4n) is 23.3. The Balaban J connectivity index is 0.000000113. The molecule has 0 amide bonds. The molecule has 0 heterocycles. The van der Waals surface area contributed by atoms with Gasteiger partial charge in [0, 0.05) is 0 Å². The van der Waals surface area contributed by atoms with Crippen molar-refractivity contribution in [3.63, 3.8) is 0 Å². The van der Waals surface area contributed by atoms with E-state index in [9.17, 15) is 0 Å². The van der Waals surface area contributed by atoms with Crippen molar-refractivity contribution in [1.82, 2.24) is 0 Å². The first kappa shape index (κ1) is 86.6. The number of fused-ring (bicyclic) bond motifs is 12. The van der Waals surface area contributed by atoms with Gasteiger partial charge in [-0.05, 0) is 306 Å². The highest BCUT2D eigenvalue weighted by Gasteiger charge is 2.27. The quantitative estimate of drug-likeness (QED) is 0.0797. The minimum absolute atomic E-state index is 0.702. The molecule has 1 aliphatic rings. The van der Waals surface area contributed by atoms with E-state index in [2.05, 4.69) is 529 Å². The van der Waals surface area contributed by atoms with E-state index in [1.54, 1.807) is 0 Å².